The summed E-state index contributed by atoms with van der Waals surface area (Å²) in [6.45, 7) is 12.5. The highest BCUT2D eigenvalue weighted by Crippen LogP contribution is 2.42. The summed E-state index contributed by atoms with van der Waals surface area (Å²) in [5, 5.41) is 1.84. The minimum Gasteiger partial charge on any atom is -0.386 e. The first kappa shape index (κ1) is 28.5. The monoisotopic (exact) mass is 529 g/mol. The van der Waals surface area contributed by atoms with Crippen LogP contribution in [0.15, 0.2) is 65.5 Å². The van der Waals surface area contributed by atoms with Crippen LogP contribution >= 0.6 is 0 Å². The average molecular weight is 530 g/mol. The molecular weight excluding hydrogens is 493 g/mol. The standard InChI is InChI=1S/C28H36FN3O4S/c1-8-18-13-19(9-10-20(29)14-18)26(33)31-21-11-12-22(16(2)3)23(15-21)24-25(17(4)36-7)37(34,35)28(5,6)27(30)32-24/h9-15,17-18,24-25H,2,8H2,1,3-7H3,(H2,30,32)(H,31,33). The summed E-state index contributed by atoms with van der Waals surface area (Å²) < 4.78 is 45.5. The lowest BCUT2D eigenvalue weighted by atomic mass is 9.91. The number of allylic oxidation sites excluding steroid dienone is 5. The van der Waals surface area contributed by atoms with Crippen LogP contribution in [0.2, 0.25) is 0 Å². The van der Waals surface area contributed by atoms with E-state index in [1.165, 1.54) is 39.2 Å². The molecule has 1 aromatic carbocycles. The molecule has 1 aliphatic heterocycles. The largest absolute Gasteiger partial charge is 0.386 e. The molecule has 0 saturated carbocycles. The fraction of sp³-hybridized carbons (Fsp3) is 0.429. The van der Waals surface area contributed by atoms with Gasteiger partial charge in [0.05, 0.1) is 12.1 Å². The Morgan fingerprint density at radius 1 is 1.30 bits per heavy atom. The number of amides is 1. The summed E-state index contributed by atoms with van der Waals surface area (Å²) in [4.78, 5) is 17.8. The molecule has 200 valence electrons. The van der Waals surface area contributed by atoms with Crippen molar-refractivity contribution in [2.24, 2.45) is 16.6 Å². The van der Waals surface area contributed by atoms with E-state index in [-0.39, 0.29) is 11.8 Å². The number of halogens is 1. The van der Waals surface area contributed by atoms with Crippen molar-refractivity contribution in [3.05, 3.63) is 71.6 Å². The van der Waals surface area contributed by atoms with Crippen molar-refractivity contribution < 1.29 is 22.3 Å². The van der Waals surface area contributed by atoms with Crippen LogP contribution in [0.5, 0.6) is 0 Å². The molecule has 0 bridgehead atoms. The number of amidine groups is 1. The van der Waals surface area contributed by atoms with Gasteiger partial charge in [-0.2, -0.15) is 0 Å². The fourth-order valence-electron chi connectivity index (χ4n) is 4.55. The Bertz CT molecular complexity index is 1320. The summed E-state index contributed by atoms with van der Waals surface area (Å²) in [5.41, 5.74) is 8.93. The number of ether oxygens (including phenoxy) is 1. The normalized spacial score (nSPS) is 25.3. The number of carbonyl (C=O) groups is 1. The van der Waals surface area contributed by atoms with Crippen LogP contribution in [0.25, 0.3) is 5.57 Å². The van der Waals surface area contributed by atoms with Crippen LogP contribution in [-0.2, 0) is 19.4 Å². The quantitative estimate of drug-likeness (QED) is 0.514. The van der Waals surface area contributed by atoms with Gasteiger partial charge in [-0.05, 0) is 81.5 Å². The molecule has 2 aliphatic rings. The van der Waals surface area contributed by atoms with E-state index in [9.17, 15) is 17.6 Å². The lowest BCUT2D eigenvalue weighted by molar-refractivity contribution is -0.112. The maximum absolute atomic E-state index is 13.9. The first-order valence-corrected chi connectivity index (χ1v) is 13.8. The van der Waals surface area contributed by atoms with Crippen molar-refractivity contribution in [2.75, 3.05) is 12.4 Å². The molecule has 1 amide bonds. The lowest BCUT2D eigenvalue weighted by Crippen LogP contribution is -2.57. The Morgan fingerprint density at radius 3 is 2.57 bits per heavy atom. The molecule has 3 rings (SSSR count). The number of hydrogen-bond acceptors (Lipinski definition) is 6. The number of anilines is 1. The summed E-state index contributed by atoms with van der Waals surface area (Å²) in [7, 11) is -2.38. The summed E-state index contributed by atoms with van der Waals surface area (Å²) in [5.74, 6) is -1.00. The van der Waals surface area contributed by atoms with E-state index in [0.717, 1.165) is 0 Å². The van der Waals surface area contributed by atoms with Crippen LogP contribution in [0.1, 0.15) is 58.2 Å². The van der Waals surface area contributed by atoms with Crippen molar-refractivity contribution in [1.82, 2.24) is 0 Å². The minimum absolute atomic E-state index is 0.00744. The molecule has 0 aromatic heterocycles. The van der Waals surface area contributed by atoms with E-state index in [1.807, 2.05) is 13.8 Å². The fourth-order valence-corrected chi connectivity index (χ4v) is 6.74. The Morgan fingerprint density at radius 2 is 1.97 bits per heavy atom. The van der Waals surface area contributed by atoms with Gasteiger partial charge in [-0.1, -0.05) is 31.2 Å². The van der Waals surface area contributed by atoms with Gasteiger partial charge in [-0.3, -0.25) is 9.79 Å². The van der Waals surface area contributed by atoms with Gasteiger partial charge in [0.25, 0.3) is 5.91 Å². The van der Waals surface area contributed by atoms with E-state index >= 15 is 0 Å². The Balaban J connectivity index is 2.10. The van der Waals surface area contributed by atoms with Crippen molar-refractivity contribution in [2.45, 2.75) is 63.2 Å². The molecule has 1 aliphatic carbocycles. The second-order valence-electron chi connectivity index (χ2n) is 10.0. The summed E-state index contributed by atoms with van der Waals surface area (Å²) in [6.07, 6.45) is 5.86. The molecule has 9 heteroatoms. The van der Waals surface area contributed by atoms with Gasteiger partial charge in [0, 0.05) is 18.4 Å². The number of nitrogens with zero attached hydrogens (tertiary/aromatic N) is 1. The molecule has 0 spiro atoms. The smallest absolute Gasteiger partial charge is 0.255 e. The number of methoxy groups -OCH3 is 1. The number of sulfone groups is 1. The molecule has 0 fully saturated rings. The van der Waals surface area contributed by atoms with E-state index in [2.05, 4.69) is 16.9 Å². The molecular formula is C28H36FN3O4S. The maximum Gasteiger partial charge on any atom is 0.255 e. The summed E-state index contributed by atoms with van der Waals surface area (Å²) in [6, 6.07) is 4.30. The van der Waals surface area contributed by atoms with E-state index < -0.39 is 43.7 Å². The van der Waals surface area contributed by atoms with Gasteiger partial charge >= 0.3 is 0 Å². The van der Waals surface area contributed by atoms with Crippen LogP contribution in [-0.4, -0.2) is 43.4 Å². The van der Waals surface area contributed by atoms with E-state index in [4.69, 9.17) is 10.5 Å². The van der Waals surface area contributed by atoms with Gasteiger partial charge in [-0.25, -0.2) is 12.8 Å². The van der Waals surface area contributed by atoms with Crippen LogP contribution in [0, 0.1) is 5.92 Å². The molecule has 1 heterocycles. The molecule has 1 aromatic rings. The van der Waals surface area contributed by atoms with Gasteiger partial charge in [0.2, 0.25) is 0 Å². The third kappa shape index (κ3) is 5.48. The zero-order valence-electron chi connectivity index (χ0n) is 22.2. The molecule has 4 unspecified atom stereocenters. The zero-order valence-corrected chi connectivity index (χ0v) is 23.0. The topological polar surface area (TPSA) is 111 Å². The first-order valence-electron chi connectivity index (χ1n) is 12.2. The molecule has 7 nitrogen and oxygen atoms in total. The molecule has 4 atom stereocenters. The van der Waals surface area contributed by atoms with E-state index in [1.54, 1.807) is 31.2 Å². The van der Waals surface area contributed by atoms with Crippen molar-refractivity contribution in [1.29, 1.82) is 0 Å². The second kappa shape index (κ2) is 10.8. The number of rotatable bonds is 7. The molecule has 0 saturated heterocycles. The highest BCUT2D eigenvalue weighted by atomic mass is 32.2. The summed E-state index contributed by atoms with van der Waals surface area (Å²) >= 11 is 0. The second-order valence-corrected chi connectivity index (χ2v) is 12.7. The number of aliphatic imine (C=N–C) groups is 1. The highest BCUT2D eigenvalue weighted by Gasteiger charge is 2.53. The molecule has 0 radical (unpaired) electrons. The number of carbonyl (C=O) groups excluding carboxylic acids is 1. The third-order valence-corrected chi connectivity index (χ3v) is 10.1. The van der Waals surface area contributed by atoms with E-state index in [0.29, 0.717) is 34.4 Å². The number of hydrogen-bond donors (Lipinski definition) is 2. The van der Waals surface area contributed by atoms with Crippen molar-refractivity contribution >= 4 is 32.8 Å². The van der Waals surface area contributed by atoms with Gasteiger partial charge in [0.1, 0.15) is 21.7 Å². The Labute approximate surface area is 219 Å². The molecule has 37 heavy (non-hydrogen) atoms. The minimum atomic E-state index is -3.83. The Hall–Kier alpha value is -3.04. The van der Waals surface area contributed by atoms with Crippen molar-refractivity contribution in [3.8, 4) is 0 Å². The van der Waals surface area contributed by atoms with Crippen LogP contribution < -0.4 is 11.1 Å². The number of benzene rings is 1. The number of nitrogens with one attached hydrogen (secondary N) is 1. The molecule has 3 N–H and O–H groups in total. The first-order chi connectivity index (χ1) is 17.2. The maximum atomic E-state index is 13.9. The zero-order chi connectivity index (χ0) is 27.7. The van der Waals surface area contributed by atoms with Crippen molar-refractivity contribution in [3.63, 3.8) is 0 Å². The average Bonchev–Trinajstić information content (AvgIpc) is 3.03. The third-order valence-electron chi connectivity index (χ3n) is 7.12. The SMILES string of the molecule is C=C(C)c1ccc(NC(=O)C2=CC(CC)C=C(F)C=C2)cc1C1N=C(N)C(C)(C)S(=O)(=O)C1C(C)OC. The predicted molar refractivity (Wildman–Crippen MR) is 148 cm³/mol. The highest BCUT2D eigenvalue weighted by molar-refractivity contribution is 7.94. The van der Waals surface area contributed by atoms with Gasteiger partial charge in [0.15, 0.2) is 9.84 Å². The van der Waals surface area contributed by atoms with Crippen LogP contribution in [0.4, 0.5) is 10.1 Å². The number of nitrogens with two attached hydrogens (primary N) is 1. The van der Waals surface area contributed by atoms with Gasteiger partial charge < -0.3 is 15.8 Å². The lowest BCUT2D eigenvalue weighted by Gasteiger charge is -2.40. The Kier molecular flexibility index (Phi) is 8.29. The van der Waals surface area contributed by atoms with Gasteiger partial charge in [-0.15, -0.1) is 0 Å². The predicted octanol–water partition coefficient (Wildman–Crippen LogP) is 5.04. The van der Waals surface area contributed by atoms with Crippen LogP contribution in [0.3, 0.4) is 0 Å².